The van der Waals surface area contributed by atoms with Crippen LogP contribution in [-0.4, -0.2) is 18.8 Å². The monoisotopic (exact) mass is 288 g/mol. The second-order valence-electron chi connectivity index (χ2n) is 3.59. The second kappa shape index (κ2) is 6.08. The number of methoxy groups -OCH3 is 1. The van der Waals surface area contributed by atoms with E-state index in [4.69, 9.17) is 16.2 Å². The van der Waals surface area contributed by atoms with Gasteiger partial charge in [0.25, 0.3) is 0 Å². The molecule has 0 fully saturated rings. The molecule has 1 aromatic carbocycles. The van der Waals surface area contributed by atoms with Gasteiger partial charge in [-0.15, -0.1) is 0 Å². The van der Waals surface area contributed by atoms with E-state index in [9.17, 15) is 5.11 Å². The summed E-state index contributed by atoms with van der Waals surface area (Å²) in [4.78, 5) is 0. The van der Waals surface area contributed by atoms with Crippen molar-refractivity contribution < 1.29 is 9.84 Å². The summed E-state index contributed by atoms with van der Waals surface area (Å²) in [6, 6.07) is 3.47. The van der Waals surface area contributed by atoms with Crippen LogP contribution in [0.15, 0.2) is 16.6 Å². The van der Waals surface area contributed by atoms with Gasteiger partial charge in [0.05, 0.1) is 11.6 Å². The molecule has 0 aliphatic heterocycles. The number of benzene rings is 1. The average Bonchev–Trinajstić information content (AvgIpc) is 2.29. The summed E-state index contributed by atoms with van der Waals surface area (Å²) in [6.07, 6.45) is 1.69. The zero-order valence-electron chi connectivity index (χ0n) is 9.24. The first kappa shape index (κ1) is 13.3. The molecule has 0 bridgehead atoms. The molecular formula is C11H17BrN2O2. The van der Waals surface area contributed by atoms with E-state index in [0.29, 0.717) is 16.8 Å². The molecule has 90 valence electrons. The maximum atomic E-state index is 9.65. The minimum Gasteiger partial charge on any atom is -0.503 e. The van der Waals surface area contributed by atoms with E-state index in [1.165, 1.54) is 7.11 Å². The molecule has 1 atom stereocenters. The number of hydrogen-bond donors (Lipinski definition) is 3. The zero-order valence-corrected chi connectivity index (χ0v) is 10.8. The zero-order chi connectivity index (χ0) is 12.1. The van der Waals surface area contributed by atoms with Crippen molar-refractivity contribution in [1.82, 2.24) is 0 Å². The molecule has 0 aliphatic rings. The van der Waals surface area contributed by atoms with Crippen molar-refractivity contribution in [3.63, 3.8) is 0 Å². The van der Waals surface area contributed by atoms with Gasteiger partial charge in [-0.1, -0.05) is 0 Å². The molecule has 0 radical (unpaired) electrons. The Morgan fingerprint density at radius 3 is 2.75 bits per heavy atom. The van der Waals surface area contributed by atoms with Crippen LogP contribution in [0.1, 0.15) is 24.4 Å². The Balaban J connectivity index is 2.92. The summed E-state index contributed by atoms with van der Waals surface area (Å²) in [6.45, 7) is 0.629. The molecule has 1 aromatic rings. The molecule has 0 amide bonds. The summed E-state index contributed by atoms with van der Waals surface area (Å²) in [7, 11) is 1.51. The molecule has 0 aromatic heterocycles. The molecule has 1 rings (SSSR count). The third-order valence-electron chi connectivity index (χ3n) is 2.42. The van der Waals surface area contributed by atoms with E-state index >= 15 is 0 Å². The molecule has 5 heteroatoms. The molecule has 0 saturated carbocycles. The van der Waals surface area contributed by atoms with Gasteiger partial charge in [0.2, 0.25) is 0 Å². The van der Waals surface area contributed by atoms with Crippen molar-refractivity contribution in [2.24, 2.45) is 11.5 Å². The number of nitrogens with two attached hydrogens (primary N) is 2. The van der Waals surface area contributed by atoms with E-state index in [1.807, 2.05) is 0 Å². The van der Waals surface area contributed by atoms with E-state index in [0.717, 1.165) is 18.4 Å². The summed E-state index contributed by atoms with van der Waals surface area (Å²) in [5, 5.41) is 9.65. The van der Waals surface area contributed by atoms with Gasteiger partial charge in [0, 0.05) is 6.04 Å². The predicted octanol–water partition coefficient (Wildman–Crippen LogP) is 1.90. The Labute approximate surface area is 104 Å². The fourth-order valence-electron chi connectivity index (χ4n) is 1.47. The number of phenolic OH excluding ortho intramolecular Hbond substituents is 1. The Morgan fingerprint density at radius 1 is 1.50 bits per heavy atom. The van der Waals surface area contributed by atoms with Gasteiger partial charge in [0.1, 0.15) is 0 Å². The smallest absolute Gasteiger partial charge is 0.172 e. The highest BCUT2D eigenvalue weighted by Crippen LogP contribution is 2.37. The van der Waals surface area contributed by atoms with Crippen molar-refractivity contribution in [2.45, 2.75) is 18.9 Å². The lowest BCUT2D eigenvalue weighted by Crippen LogP contribution is -2.12. The van der Waals surface area contributed by atoms with E-state index < -0.39 is 0 Å². The lowest BCUT2D eigenvalue weighted by molar-refractivity contribution is 0.370. The van der Waals surface area contributed by atoms with Crippen molar-refractivity contribution in [1.29, 1.82) is 0 Å². The van der Waals surface area contributed by atoms with Crippen LogP contribution in [-0.2, 0) is 0 Å². The van der Waals surface area contributed by atoms with Crippen LogP contribution >= 0.6 is 15.9 Å². The standard InChI is InChI=1S/C11H17BrN2O2/c1-16-10-6-7(5-8(12)11(10)15)9(14)3-2-4-13/h5-6,9,15H,2-4,13-14H2,1H3/t9-/m0/s1. The van der Waals surface area contributed by atoms with Crippen LogP contribution < -0.4 is 16.2 Å². The van der Waals surface area contributed by atoms with Crippen LogP contribution in [0.25, 0.3) is 0 Å². The molecule has 0 saturated heterocycles. The van der Waals surface area contributed by atoms with E-state index in [-0.39, 0.29) is 11.8 Å². The molecule has 0 heterocycles. The Morgan fingerprint density at radius 2 is 2.19 bits per heavy atom. The SMILES string of the molecule is COc1cc([C@@H](N)CCCN)cc(Br)c1O. The van der Waals surface area contributed by atoms with Crippen molar-refractivity contribution in [3.05, 3.63) is 22.2 Å². The molecule has 0 spiro atoms. The first-order chi connectivity index (χ1) is 7.60. The molecule has 4 nitrogen and oxygen atoms in total. The first-order valence-electron chi connectivity index (χ1n) is 5.12. The van der Waals surface area contributed by atoms with E-state index in [2.05, 4.69) is 15.9 Å². The topological polar surface area (TPSA) is 81.5 Å². The van der Waals surface area contributed by atoms with Crippen molar-refractivity contribution >= 4 is 15.9 Å². The van der Waals surface area contributed by atoms with Gasteiger partial charge in [-0.25, -0.2) is 0 Å². The molecular weight excluding hydrogens is 272 g/mol. The fraction of sp³-hybridized carbons (Fsp3) is 0.455. The largest absolute Gasteiger partial charge is 0.503 e. The Bertz CT molecular complexity index is 358. The van der Waals surface area contributed by atoms with E-state index in [1.54, 1.807) is 12.1 Å². The van der Waals surface area contributed by atoms with Crippen LogP contribution in [0.5, 0.6) is 11.5 Å². The average molecular weight is 289 g/mol. The Hall–Kier alpha value is -0.780. The highest BCUT2D eigenvalue weighted by atomic mass is 79.9. The summed E-state index contributed by atoms with van der Waals surface area (Å²) in [5.41, 5.74) is 12.4. The highest BCUT2D eigenvalue weighted by Gasteiger charge is 2.12. The minimum absolute atomic E-state index is 0.0886. The van der Waals surface area contributed by atoms with Crippen molar-refractivity contribution in [2.75, 3.05) is 13.7 Å². The molecule has 5 N–H and O–H groups in total. The highest BCUT2D eigenvalue weighted by molar-refractivity contribution is 9.10. The first-order valence-corrected chi connectivity index (χ1v) is 5.91. The summed E-state index contributed by atoms with van der Waals surface area (Å²) >= 11 is 3.26. The van der Waals surface area contributed by atoms with Crippen LogP contribution in [0, 0.1) is 0 Å². The van der Waals surface area contributed by atoms with Crippen LogP contribution in [0.2, 0.25) is 0 Å². The number of ether oxygens (including phenoxy) is 1. The predicted molar refractivity (Wildman–Crippen MR) is 67.6 cm³/mol. The minimum atomic E-state index is -0.0886. The second-order valence-corrected chi connectivity index (χ2v) is 4.45. The van der Waals surface area contributed by atoms with Crippen molar-refractivity contribution in [3.8, 4) is 11.5 Å². The van der Waals surface area contributed by atoms with Gasteiger partial charge in [-0.3, -0.25) is 0 Å². The van der Waals surface area contributed by atoms with Gasteiger partial charge >= 0.3 is 0 Å². The maximum absolute atomic E-state index is 9.65. The molecule has 16 heavy (non-hydrogen) atoms. The van der Waals surface area contributed by atoms with Crippen LogP contribution in [0.4, 0.5) is 0 Å². The van der Waals surface area contributed by atoms with Gasteiger partial charge in [-0.2, -0.15) is 0 Å². The summed E-state index contributed by atoms with van der Waals surface area (Å²) in [5.74, 6) is 0.518. The molecule has 0 aliphatic carbocycles. The number of aromatic hydroxyl groups is 1. The summed E-state index contributed by atoms with van der Waals surface area (Å²) < 4.78 is 5.65. The number of phenols is 1. The lowest BCUT2D eigenvalue weighted by atomic mass is 10.0. The fourth-order valence-corrected chi connectivity index (χ4v) is 1.93. The quantitative estimate of drug-likeness (QED) is 0.773. The Kier molecular flexibility index (Phi) is 5.05. The third kappa shape index (κ3) is 3.10. The third-order valence-corrected chi connectivity index (χ3v) is 3.02. The maximum Gasteiger partial charge on any atom is 0.172 e. The number of halogens is 1. The van der Waals surface area contributed by atoms with Gasteiger partial charge in [-0.05, 0) is 53.0 Å². The van der Waals surface area contributed by atoms with Gasteiger partial charge in [0.15, 0.2) is 11.5 Å². The lowest BCUT2D eigenvalue weighted by Gasteiger charge is -2.14. The van der Waals surface area contributed by atoms with Crippen LogP contribution in [0.3, 0.4) is 0 Å². The number of rotatable bonds is 5. The normalized spacial score (nSPS) is 12.5. The molecule has 0 unspecified atom stereocenters. The van der Waals surface area contributed by atoms with Gasteiger partial charge < -0.3 is 21.3 Å². The number of hydrogen-bond acceptors (Lipinski definition) is 4.